The van der Waals surface area contributed by atoms with E-state index in [0.717, 1.165) is 5.56 Å². The largest absolute Gasteiger partial charge is 0.321 e. The first kappa shape index (κ1) is 12.8. The van der Waals surface area contributed by atoms with Crippen LogP contribution in [0.15, 0.2) is 54.6 Å². The number of hydrogen-bond donors (Lipinski definition) is 1. The molecule has 1 atom stereocenters. The number of nitrogens with two attached hydrogens (primary N) is 1. The molecule has 0 aliphatic heterocycles. The lowest BCUT2D eigenvalue weighted by molar-refractivity contribution is 0.0961. The molecule has 2 N–H and O–H groups in total. The molecule has 0 fully saturated rings. The van der Waals surface area contributed by atoms with Gasteiger partial charge in [0.15, 0.2) is 5.78 Å². The minimum absolute atomic E-state index is 0.121. The van der Waals surface area contributed by atoms with Gasteiger partial charge < -0.3 is 5.73 Å². The first-order valence-corrected chi connectivity index (χ1v) is 6.14. The van der Waals surface area contributed by atoms with Gasteiger partial charge in [0.2, 0.25) is 0 Å². The zero-order valence-corrected chi connectivity index (χ0v) is 10.6. The predicted octanol–water partition coefficient (Wildman–Crippen LogP) is 3.09. The molecule has 0 radical (unpaired) electrons. The number of carbonyl (C=O) groups excluding carboxylic acids is 1. The summed E-state index contributed by atoms with van der Waals surface area (Å²) < 4.78 is 0. The lowest BCUT2D eigenvalue weighted by Crippen LogP contribution is -2.32. The monoisotopic (exact) mass is 259 g/mol. The Hall–Kier alpha value is -1.64. The van der Waals surface area contributed by atoms with Gasteiger partial charge in [0.05, 0.1) is 11.1 Å². The maximum absolute atomic E-state index is 12.2. The van der Waals surface area contributed by atoms with Crippen LogP contribution in [0.2, 0.25) is 5.02 Å². The summed E-state index contributed by atoms with van der Waals surface area (Å²) in [5.74, 6) is -0.121. The van der Waals surface area contributed by atoms with Gasteiger partial charge in [0.1, 0.15) is 0 Å². The fourth-order valence-corrected chi connectivity index (χ4v) is 2.05. The number of ketones is 1. The third kappa shape index (κ3) is 2.97. The van der Waals surface area contributed by atoms with Crippen molar-refractivity contribution >= 4 is 17.4 Å². The summed E-state index contributed by atoms with van der Waals surface area (Å²) in [7, 11) is 0. The number of Topliss-reactive ketones (excluding diaryl/α,β-unsaturated/α-hetero) is 1. The van der Waals surface area contributed by atoms with Crippen LogP contribution in [0, 0.1) is 0 Å². The fraction of sp³-hybridized carbons (Fsp3) is 0.133. The quantitative estimate of drug-likeness (QED) is 0.858. The molecule has 0 saturated heterocycles. The van der Waals surface area contributed by atoms with Crippen molar-refractivity contribution in [2.75, 3.05) is 0 Å². The van der Waals surface area contributed by atoms with E-state index in [1.807, 2.05) is 30.3 Å². The molecule has 1 unspecified atom stereocenters. The van der Waals surface area contributed by atoms with Crippen molar-refractivity contribution in [2.24, 2.45) is 5.73 Å². The van der Waals surface area contributed by atoms with Crippen molar-refractivity contribution in [3.8, 4) is 0 Å². The van der Waals surface area contributed by atoms with E-state index < -0.39 is 6.04 Å². The van der Waals surface area contributed by atoms with Gasteiger partial charge in [-0.2, -0.15) is 0 Å². The number of benzene rings is 2. The first-order chi connectivity index (χ1) is 8.68. The summed E-state index contributed by atoms with van der Waals surface area (Å²) in [4.78, 5) is 12.2. The highest BCUT2D eigenvalue weighted by molar-refractivity contribution is 6.34. The average molecular weight is 260 g/mol. The summed E-state index contributed by atoms with van der Waals surface area (Å²) in [6.07, 6.45) is 0.519. The highest BCUT2D eigenvalue weighted by atomic mass is 35.5. The Morgan fingerprint density at radius 1 is 1.06 bits per heavy atom. The zero-order chi connectivity index (χ0) is 13.0. The summed E-state index contributed by atoms with van der Waals surface area (Å²) in [5.41, 5.74) is 7.48. The molecule has 0 spiro atoms. The lowest BCUT2D eigenvalue weighted by Gasteiger charge is -2.11. The van der Waals surface area contributed by atoms with Crippen LogP contribution in [0.3, 0.4) is 0 Å². The highest BCUT2D eigenvalue weighted by Gasteiger charge is 2.18. The first-order valence-electron chi connectivity index (χ1n) is 5.76. The Labute approximate surface area is 111 Å². The smallest absolute Gasteiger partial charge is 0.181 e. The van der Waals surface area contributed by atoms with Crippen LogP contribution >= 0.6 is 11.6 Å². The summed E-state index contributed by atoms with van der Waals surface area (Å²) >= 11 is 5.99. The molecule has 0 aliphatic carbocycles. The Bertz CT molecular complexity index is 539. The Kier molecular flexibility index (Phi) is 4.13. The maximum atomic E-state index is 12.2. The SMILES string of the molecule is NC(Cc1ccccc1)C(=O)c1ccccc1Cl. The minimum Gasteiger partial charge on any atom is -0.321 e. The molecule has 18 heavy (non-hydrogen) atoms. The summed E-state index contributed by atoms with van der Waals surface area (Å²) in [6, 6.07) is 16.1. The van der Waals surface area contributed by atoms with Gasteiger partial charge in [-0.15, -0.1) is 0 Å². The standard InChI is InChI=1S/C15H14ClNO/c16-13-9-5-4-8-12(13)15(18)14(17)10-11-6-2-1-3-7-11/h1-9,14H,10,17H2. The van der Waals surface area contributed by atoms with E-state index in [1.165, 1.54) is 0 Å². The van der Waals surface area contributed by atoms with Gasteiger partial charge in [-0.25, -0.2) is 0 Å². The van der Waals surface area contributed by atoms with Crippen molar-refractivity contribution in [3.05, 3.63) is 70.7 Å². The van der Waals surface area contributed by atoms with Crippen LogP contribution in [0.4, 0.5) is 0 Å². The molecule has 0 aliphatic rings. The van der Waals surface area contributed by atoms with E-state index in [1.54, 1.807) is 24.3 Å². The van der Waals surface area contributed by atoms with Gasteiger partial charge in [0.25, 0.3) is 0 Å². The van der Waals surface area contributed by atoms with Gasteiger partial charge in [-0.1, -0.05) is 54.1 Å². The van der Waals surface area contributed by atoms with E-state index in [9.17, 15) is 4.79 Å². The number of rotatable bonds is 4. The number of carbonyl (C=O) groups is 1. The number of halogens is 1. The van der Waals surface area contributed by atoms with Gasteiger partial charge in [-0.3, -0.25) is 4.79 Å². The van der Waals surface area contributed by atoms with Crippen molar-refractivity contribution in [3.63, 3.8) is 0 Å². The molecule has 0 aromatic heterocycles. The molecule has 92 valence electrons. The molecule has 0 amide bonds. The summed E-state index contributed by atoms with van der Waals surface area (Å²) in [6.45, 7) is 0. The van der Waals surface area contributed by atoms with Crippen LogP contribution < -0.4 is 5.73 Å². The van der Waals surface area contributed by atoms with E-state index in [-0.39, 0.29) is 5.78 Å². The molecular formula is C15H14ClNO. The van der Waals surface area contributed by atoms with E-state index >= 15 is 0 Å². The molecule has 2 rings (SSSR count). The van der Waals surface area contributed by atoms with Crippen molar-refractivity contribution < 1.29 is 4.79 Å². The van der Waals surface area contributed by atoms with Crippen molar-refractivity contribution in [2.45, 2.75) is 12.5 Å². The molecule has 0 saturated carbocycles. The third-order valence-corrected chi connectivity index (χ3v) is 3.10. The molecule has 0 bridgehead atoms. The van der Waals surface area contributed by atoms with Crippen molar-refractivity contribution in [1.29, 1.82) is 0 Å². The Balaban J connectivity index is 2.13. The molecule has 0 heterocycles. The Morgan fingerprint density at radius 2 is 1.67 bits per heavy atom. The predicted molar refractivity (Wildman–Crippen MR) is 73.9 cm³/mol. The van der Waals surface area contributed by atoms with Crippen LogP contribution in [0.25, 0.3) is 0 Å². The minimum atomic E-state index is -0.563. The lowest BCUT2D eigenvalue weighted by atomic mass is 9.98. The van der Waals surface area contributed by atoms with Crippen LogP contribution in [-0.2, 0) is 6.42 Å². The topological polar surface area (TPSA) is 43.1 Å². The molecule has 2 aromatic carbocycles. The highest BCUT2D eigenvalue weighted by Crippen LogP contribution is 2.17. The van der Waals surface area contributed by atoms with Gasteiger partial charge >= 0.3 is 0 Å². The van der Waals surface area contributed by atoms with Crippen LogP contribution in [0.1, 0.15) is 15.9 Å². The molecule has 3 heteroatoms. The second kappa shape index (κ2) is 5.80. The van der Waals surface area contributed by atoms with E-state index in [0.29, 0.717) is 17.0 Å². The van der Waals surface area contributed by atoms with Gasteiger partial charge in [-0.05, 0) is 24.1 Å². The van der Waals surface area contributed by atoms with Crippen LogP contribution in [0.5, 0.6) is 0 Å². The normalized spacial score (nSPS) is 12.1. The van der Waals surface area contributed by atoms with Crippen LogP contribution in [-0.4, -0.2) is 11.8 Å². The second-order valence-corrected chi connectivity index (χ2v) is 4.55. The average Bonchev–Trinajstić information content (AvgIpc) is 2.39. The number of hydrogen-bond acceptors (Lipinski definition) is 2. The van der Waals surface area contributed by atoms with E-state index in [4.69, 9.17) is 17.3 Å². The molecular weight excluding hydrogens is 246 g/mol. The second-order valence-electron chi connectivity index (χ2n) is 4.14. The third-order valence-electron chi connectivity index (χ3n) is 2.77. The molecule has 2 aromatic rings. The fourth-order valence-electron chi connectivity index (χ4n) is 1.82. The Morgan fingerprint density at radius 3 is 2.33 bits per heavy atom. The van der Waals surface area contributed by atoms with E-state index in [2.05, 4.69) is 0 Å². The van der Waals surface area contributed by atoms with Crippen molar-refractivity contribution in [1.82, 2.24) is 0 Å². The summed E-state index contributed by atoms with van der Waals surface area (Å²) in [5, 5.41) is 0.450. The zero-order valence-electron chi connectivity index (χ0n) is 9.84. The molecule has 2 nitrogen and oxygen atoms in total. The van der Waals surface area contributed by atoms with Gasteiger partial charge in [0, 0.05) is 5.56 Å². The maximum Gasteiger partial charge on any atom is 0.181 e.